The van der Waals surface area contributed by atoms with E-state index in [1.165, 1.54) is 0 Å². The van der Waals surface area contributed by atoms with E-state index in [9.17, 15) is 4.79 Å². The molecular weight excluding hydrogens is 285 g/mol. The Morgan fingerprint density at radius 1 is 1.21 bits per heavy atom. The Balaban J connectivity index is 2.32. The second-order valence-electron chi connectivity index (χ2n) is 4.06. The predicted molar refractivity (Wildman–Crippen MR) is 77.9 cm³/mol. The molecule has 3 nitrogen and oxygen atoms in total. The number of aryl methyl sites for hydroxylation is 1. The van der Waals surface area contributed by atoms with Crippen LogP contribution in [0.15, 0.2) is 36.4 Å². The first-order valence-electron chi connectivity index (χ1n) is 5.54. The number of hydrogen-bond donors (Lipinski definition) is 2. The van der Waals surface area contributed by atoms with Gasteiger partial charge in [-0.15, -0.1) is 0 Å². The van der Waals surface area contributed by atoms with E-state index >= 15 is 0 Å². The molecule has 0 spiro atoms. The van der Waals surface area contributed by atoms with E-state index in [0.717, 1.165) is 5.69 Å². The third-order valence-corrected chi connectivity index (χ3v) is 3.51. The molecule has 0 radical (unpaired) electrons. The molecule has 0 aliphatic rings. The smallest absolute Gasteiger partial charge is 0.335 e. The summed E-state index contributed by atoms with van der Waals surface area (Å²) >= 11 is 12.0. The fourth-order valence-electron chi connectivity index (χ4n) is 1.74. The maximum absolute atomic E-state index is 10.9. The fourth-order valence-corrected chi connectivity index (χ4v) is 2.08. The van der Waals surface area contributed by atoms with Gasteiger partial charge in [0.2, 0.25) is 0 Å². The summed E-state index contributed by atoms with van der Waals surface area (Å²) in [7, 11) is 0. The van der Waals surface area contributed by atoms with E-state index in [2.05, 4.69) is 5.32 Å². The van der Waals surface area contributed by atoms with Crippen LogP contribution in [-0.2, 0) is 0 Å². The summed E-state index contributed by atoms with van der Waals surface area (Å²) < 4.78 is 0. The molecule has 0 unspecified atom stereocenters. The van der Waals surface area contributed by atoms with Crippen LogP contribution in [0.3, 0.4) is 0 Å². The third kappa shape index (κ3) is 3.00. The molecule has 0 saturated carbocycles. The van der Waals surface area contributed by atoms with Crippen LogP contribution in [0.1, 0.15) is 15.9 Å². The maximum atomic E-state index is 10.9. The zero-order chi connectivity index (χ0) is 14.0. The average molecular weight is 296 g/mol. The van der Waals surface area contributed by atoms with Crippen LogP contribution in [0.2, 0.25) is 10.0 Å². The summed E-state index contributed by atoms with van der Waals surface area (Å²) in [5.41, 5.74) is 2.39. The lowest BCUT2D eigenvalue weighted by Gasteiger charge is -2.11. The van der Waals surface area contributed by atoms with E-state index in [4.69, 9.17) is 28.3 Å². The Hall–Kier alpha value is -1.71. The minimum Gasteiger partial charge on any atom is -0.478 e. The van der Waals surface area contributed by atoms with Crippen molar-refractivity contribution in [2.24, 2.45) is 0 Å². The monoisotopic (exact) mass is 295 g/mol. The van der Waals surface area contributed by atoms with Gasteiger partial charge in [-0.3, -0.25) is 0 Å². The summed E-state index contributed by atoms with van der Waals surface area (Å²) in [5.74, 6) is -0.940. The predicted octanol–water partition coefficient (Wildman–Crippen LogP) is 4.74. The van der Waals surface area contributed by atoms with Gasteiger partial charge in [-0.2, -0.15) is 0 Å². The van der Waals surface area contributed by atoms with E-state index in [1.807, 2.05) is 0 Å². The first-order chi connectivity index (χ1) is 8.99. The number of halogens is 2. The third-order valence-electron chi connectivity index (χ3n) is 2.69. The molecule has 19 heavy (non-hydrogen) atoms. The highest BCUT2D eigenvalue weighted by Crippen LogP contribution is 2.32. The molecule has 0 bridgehead atoms. The van der Waals surface area contributed by atoms with Crippen molar-refractivity contribution in [3.8, 4) is 0 Å². The Morgan fingerprint density at radius 3 is 2.58 bits per heavy atom. The second kappa shape index (κ2) is 5.51. The summed E-state index contributed by atoms with van der Waals surface area (Å²) in [5, 5.41) is 13.0. The van der Waals surface area contributed by atoms with Crippen molar-refractivity contribution in [1.82, 2.24) is 0 Å². The van der Waals surface area contributed by atoms with Crippen molar-refractivity contribution in [3.05, 3.63) is 57.6 Å². The fraction of sp³-hybridized carbons (Fsp3) is 0.0714. The number of carboxylic acid groups (broad SMARTS) is 1. The van der Waals surface area contributed by atoms with Gasteiger partial charge in [0.05, 0.1) is 21.3 Å². The molecule has 2 aromatic rings. The van der Waals surface area contributed by atoms with Crippen molar-refractivity contribution in [2.45, 2.75) is 6.92 Å². The molecular formula is C14H11Cl2NO2. The minimum absolute atomic E-state index is 0.280. The van der Waals surface area contributed by atoms with Gasteiger partial charge in [0, 0.05) is 5.69 Å². The summed E-state index contributed by atoms with van der Waals surface area (Å²) in [6.07, 6.45) is 0. The summed E-state index contributed by atoms with van der Waals surface area (Å²) in [6.45, 7) is 1.74. The Morgan fingerprint density at radius 2 is 1.95 bits per heavy atom. The van der Waals surface area contributed by atoms with Gasteiger partial charge in [-0.1, -0.05) is 29.3 Å². The number of rotatable bonds is 3. The number of anilines is 2. The maximum Gasteiger partial charge on any atom is 0.335 e. The number of nitrogens with one attached hydrogen (secondary N) is 1. The summed E-state index contributed by atoms with van der Waals surface area (Å²) in [6, 6.07) is 10.3. The molecule has 0 aliphatic carbocycles. The van der Waals surface area contributed by atoms with Crippen molar-refractivity contribution in [3.63, 3.8) is 0 Å². The van der Waals surface area contributed by atoms with E-state index in [-0.39, 0.29) is 5.56 Å². The standard InChI is InChI=1S/C14H11Cl2NO2/c1-8-7-9(5-6-10(8)14(18)19)17-12-4-2-3-11(15)13(12)16/h2-7,17H,1H3,(H,18,19). The molecule has 2 aromatic carbocycles. The van der Waals surface area contributed by atoms with Gasteiger partial charge < -0.3 is 10.4 Å². The van der Waals surface area contributed by atoms with Gasteiger partial charge in [0.25, 0.3) is 0 Å². The van der Waals surface area contributed by atoms with Crippen molar-refractivity contribution in [1.29, 1.82) is 0 Å². The van der Waals surface area contributed by atoms with Crippen LogP contribution in [0.5, 0.6) is 0 Å². The molecule has 2 rings (SSSR count). The van der Waals surface area contributed by atoms with Gasteiger partial charge >= 0.3 is 5.97 Å². The zero-order valence-corrected chi connectivity index (χ0v) is 11.6. The SMILES string of the molecule is Cc1cc(Nc2cccc(Cl)c2Cl)ccc1C(=O)O. The number of benzene rings is 2. The largest absolute Gasteiger partial charge is 0.478 e. The molecule has 2 N–H and O–H groups in total. The van der Waals surface area contributed by atoms with Crippen LogP contribution in [-0.4, -0.2) is 11.1 Å². The molecule has 0 atom stereocenters. The number of aromatic carboxylic acids is 1. The minimum atomic E-state index is -0.940. The topological polar surface area (TPSA) is 49.3 Å². The number of hydrogen-bond acceptors (Lipinski definition) is 2. The second-order valence-corrected chi connectivity index (χ2v) is 4.85. The molecule has 0 fully saturated rings. The normalized spacial score (nSPS) is 10.3. The van der Waals surface area contributed by atoms with Gasteiger partial charge in [-0.05, 0) is 42.8 Å². The highest BCUT2D eigenvalue weighted by molar-refractivity contribution is 6.43. The quantitative estimate of drug-likeness (QED) is 0.859. The van der Waals surface area contributed by atoms with Crippen LogP contribution in [0.25, 0.3) is 0 Å². The van der Waals surface area contributed by atoms with Crippen molar-refractivity contribution in [2.75, 3.05) is 5.32 Å². The van der Waals surface area contributed by atoms with Crippen LogP contribution < -0.4 is 5.32 Å². The number of carboxylic acids is 1. The zero-order valence-electron chi connectivity index (χ0n) is 10.1. The van der Waals surface area contributed by atoms with Crippen LogP contribution in [0, 0.1) is 6.92 Å². The van der Waals surface area contributed by atoms with Crippen LogP contribution in [0.4, 0.5) is 11.4 Å². The van der Waals surface area contributed by atoms with Crippen molar-refractivity contribution >= 4 is 40.5 Å². The van der Waals surface area contributed by atoms with Crippen LogP contribution >= 0.6 is 23.2 Å². The van der Waals surface area contributed by atoms with Gasteiger partial charge in [0.15, 0.2) is 0 Å². The summed E-state index contributed by atoms with van der Waals surface area (Å²) in [4.78, 5) is 10.9. The molecule has 0 amide bonds. The molecule has 5 heteroatoms. The first kappa shape index (κ1) is 13.7. The van der Waals surface area contributed by atoms with Gasteiger partial charge in [0.1, 0.15) is 0 Å². The molecule has 0 saturated heterocycles. The molecule has 98 valence electrons. The van der Waals surface area contributed by atoms with E-state index in [1.54, 1.807) is 43.3 Å². The highest BCUT2D eigenvalue weighted by Gasteiger charge is 2.09. The van der Waals surface area contributed by atoms with E-state index in [0.29, 0.717) is 21.3 Å². The lowest BCUT2D eigenvalue weighted by molar-refractivity contribution is 0.0696. The van der Waals surface area contributed by atoms with Gasteiger partial charge in [-0.25, -0.2) is 4.79 Å². The Bertz CT molecular complexity index is 641. The van der Waals surface area contributed by atoms with Crippen molar-refractivity contribution < 1.29 is 9.90 Å². The highest BCUT2D eigenvalue weighted by atomic mass is 35.5. The first-order valence-corrected chi connectivity index (χ1v) is 6.29. The molecule has 0 aromatic heterocycles. The molecule has 0 aliphatic heterocycles. The lowest BCUT2D eigenvalue weighted by atomic mass is 10.1. The van der Waals surface area contributed by atoms with E-state index < -0.39 is 5.97 Å². The molecule has 0 heterocycles. The Kier molecular flexibility index (Phi) is 3.98. The average Bonchev–Trinajstić information content (AvgIpc) is 2.34. The lowest BCUT2D eigenvalue weighted by Crippen LogP contribution is -2.00. The number of carbonyl (C=O) groups is 1. The Labute approximate surface area is 120 Å².